The molecule has 11 nitrogen and oxygen atoms in total. The lowest BCUT2D eigenvalue weighted by Crippen LogP contribution is -3.10. The summed E-state index contributed by atoms with van der Waals surface area (Å²) in [5.74, 6) is 5.08. The number of allylic oxidation sites excluding steroid dienone is 5. The number of nitrogens with two attached hydrogens (primary N) is 1. The SMILES string of the molecule is C=O.C=O.CO.Cc1ccc2c(c1)C(C)(C)C(/C=C/C=C/C=C1/Nc3ccc(S(=O)(=O)O)cc3C1(C)C)[NH+]2CCCCCC(=O)NN. The van der Waals surface area contributed by atoms with E-state index in [2.05, 4.69) is 61.9 Å². The van der Waals surface area contributed by atoms with E-state index in [9.17, 15) is 17.8 Å². The van der Waals surface area contributed by atoms with Crippen LogP contribution in [0.3, 0.4) is 0 Å². The number of rotatable bonds is 10. The van der Waals surface area contributed by atoms with Gasteiger partial charge in [0.1, 0.15) is 25.3 Å². The van der Waals surface area contributed by atoms with Gasteiger partial charge in [0.05, 0.1) is 16.9 Å². The molecule has 2 atom stereocenters. The topological polar surface area (TPSA) is 180 Å². The third kappa shape index (κ3) is 10.0. The van der Waals surface area contributed by atoms with Gasteiger partial charge in [-0.15, -0.1) is 0 Å². The number of aliphatic hydroxyl groups excluding tert-OH is 1. The number of aliphatic hydroxyl groups is 1. The van der Waals surface area contributed by atoms with E-state index in [0.29, 0.717) is 6.42 Å². The van der Waals surface area contributed by atoms with E-state index < -0.39 is 15.5 Å². The van der Waals surface area contributed by atoms with E-state index >= 15 is 0 Å². The van der Waals surface area contributed by atoms with Crippen LogP contribution in [0.2, 0.25) is 0 Å². The number of aryl methyl sites for hydroxylation is 1. The molecule has 258 valence electrons. The number of hydrogen-bond donors (Lipinski definition) is 6. The molecule has 0 bridgehead atoms. The van der Waals surface area contributed by atoms with Crippen molar-refractivity contribution in [1.29, 1.82) is 0 Å². The average molecular weight is 672 g/mol. The molecule has 47 heavy (non-hydrogen) atoms. The minimum absolute atomic E-state index is 0.0413. The number of quaternary nitrogens is 1. The second-order valence-electron chi connectivity index (χ2n) is 12.2. The zero-order chi connectivity index (χ0) is 36.0. The minimum Gasteiger partial charge on any atom is -0.400 e. The minimum atomic E-state index is -4.27. The number of nitrogens with one attached hydrogen (secondary N) is 3. The van der Waals surface area contributed by atoms with E-state index in [0.717, 1.165) is 49.9 Å². The van der Waals surface area contributed by atoms with Gasteiger partial charge in [0.25, 0.3) is 10.1 Å². The van der Waals surface area contributed by atoms with Crippen LogP contribution in [-0.4, -0.2) is 57.3 Å². The molecule has 2 aromatic rings. The molecule has 0 fully saturated rings. The number of amides is 1. The van der Waals surface area contributed by atoms with E-state index in [1.165, 1.54) is 33.8 Å². The molecule has 0 saturated heterocycles. The number of anilines is 1. The number of unbranched alkanes of at least 4 members (excludes halogenated alkanes) is 2. The Labute approximate surface area is 279 Å². The van der Waals surface area contributed by atoms with Gasteiger partial charge in [0.15, 0.2) is 0 Å². The molecule has 2 heterocycles. The molecule has 2 unspecified atom stereocenters. The first kappa shape index (κ1) is 41.1. The molecule has 0 saturated carbocycles. The van der Waals surface area contributed by atoms with E-state index in [1.54, 1.807) is 6.07 Å². The van der Waals surface area contributed by atoms with Gasteiger partial charge in [-0.25, -0.2) is 5.84 Å². The van der Waals surface area contributed by atoms with Crippen molar-refractivity contribution in [1.82, 2.24) is 5.43 Å². The maximum Gasteiger partial charge on any atom is 0.294 e. The molecule has 2 aliphatic rings. The van der Waals surface area contributed by atoms with Crippen molar-refractivity contribution in [3.8, 4) is 0 Å². The van der Waals surface area contributed by atoms with Gasteiger partial charge < -0.3 is 20.0 Å². The fourth-order valence-electron chi connectivity index (χ4n) is 6.14. The molecular formula is C35H51N4O7S+. The Balaban J connectivity index is 0.00000174. The third-order valence-corrected chi connectivity index (χ3v) is 9.42. The number of carbonyl (C=O) groups is 3. The first-order valence-electron chi connectivity index (χ1n) is 15.2. The first-order valence-corrected chi connectivity index (χ1v) is 16.6. The molecule has 2 aromatic carbocycles. The van der Waals surface area contributed by atoms with Crippen LogP contribution in [0.1, 0.15) is 70.1 Å². The van der Waals surface area contributed by atoms with Crippen molar-refractivity contribution >= 4 is 41.0 Å². The summed E-state index contributed by atoms with van der Waals surface area (Å²) in [6.07, 6.45) is 13.7. The number of fused-ring (bicyclic) bond motifs is 2. The number of benzene rings is 2. The van der Waals surface area contributed by atoms with Crippen LogP contribution in [0, 0.1) is 6.92 Å². The average Bonchev–Trinajstić information content (AvgIpc) is 3.43. The summed E-state index contributed by atoms with van der Waals surface area (Å²) in [7, 11) is -3.27. The summed E-state index contributed by atoms with van der Waals surface area (Å²) >= 11 is 0. The predicted octanol–water partition coefficient (Wildman–Crippen LogP) is 3.61. The van der Waals surface area contributed by atoms with Crippen LogP contribution < -0.4 is 21.5 Å². The third-order valence-electron chi connectivity index (χ3n) is 8.57. The maximum absolute atomic E-state index is 11.6. The zero-order valence-electron chi connectivity index (χ0n) is 28.3. The lowest BCUT2D eigenvalue weighted by molar-refractivity contribution is -0.850. The molecule has 12 heteroatoms. The van der Waals surface area contributed by atoms with Gasteiger partial charge in [0.2, 0.25) is 5.91 Å². The Morgan fingerprint density at radius 2 is 1.64 bits per heavy atom. The van der Waals surface area contributed by atoms with Crippen LogP contribution in [0.4, 0.5) is 11.4 Å². The smallest absolute Gasteiger partial charge is 0.294 e. The fourth-order valence-corrected chi connectivity index (χ4v) is 6.64. The van der Waals surface area contributed by atoms with Crippen LogP contribution in [0.15, 0.2) is 77.4 Å². The molecule has 0 spiro atoms. The van der Waals surface area contributed by atoms with Gasteiger partial charge >= 0.3 is 0 Å². The summed E-state index contributed by atoms with van der Waals surface area (Å²) in [5.41, 5.74) is 8.32. The second-order valence-corrected chi connectivity index (χ2v) is 13.6. The van der Waals surface area contributed by atoms with Gasteiger partial charge in [-0.05, 0) is 88.1 Å². The predicted molar refractivity (Wildman–Crippen MR) is 186 cm³/mol. The normalized spacial score (nSPS) is 19.3. The summed E-state index contributed by atoms with van der Waals surface area (Å²) in [4.78, 5) is 28.8. The number of carbonyl (C=O) groups excluding carboxylic acids is 3. The summed E-state index contributed by atoms with van der Waals surface area (Å²) < 4.78 is 32.8. The summed E-state index contributed by atoms with van der Waals surface area (Å²) in [5, 5.41) is 10.4. The van der Waals surface area contributed by atoms with Crippen LogP contribution in [0.5, 0.6) is 0 Å². The molecule has 0 radical (unpaired) electrons. The zero-order valence-corrected chi connectivity index (χ0v) is 29.1. The Hall–Kier alpha value is -3.94. The Bertz CT molecular complexity index is 1550. The quantitative estimate of drug-likeness (QED) is 0.0550. The highest BCUT2D eigenvalue weighted by Gasteiger charge is 2.47. The van der Waals surface area contributed by atoms with E-state index in [4.69, 9.17) is 20.5 Å². The largest absolute Gasteiger partial charge is 0.400 e. The Kier molecular flexibility index (Phi) is 16.1. The van der Waals surface area contributed by atoms with Gasteiger partial charge in [-0.3, -0.25) is 19.7 Å². The fraction of sp³-hybridized carbons (Fsp3) is 0.400. The van der Waals surface area contributed by atoms with Crippen molar-refractivity contribution in [2.45, 2.75) is 82.1 Å². The lowest BCUT2D eigenvalue weighted by Gasteiger charge is -2.27. The van der Waals surface area contributed by atoms with Crippen molar-refractivity contribution in [3.05, 3.63) is 89.2 Å². The molecule has 0 aliphatic carbocycles. The molecule has 4 rings (SSSR count). The maximum atomic E-state index is 11.6. The van der Waals surface area contributed by atoms with Crippen molar-refractivity contribution in [3.63, 3.8) is 0 Å². The number of hydrogen-bond acceptors (Lipinski definition) is 8. The first-order chi connectivity index (χ1) is 22.3. The summed E-state index contributed by atoms with van der Waals surface area (Å²) in [6.45, 7) is 15.8. The molecule has 0 aromatic heterocycles. The Morgan fingerprint density at radius 1 is 0.979 bits per heavy atom. The second kappa shape index (κ2) is 18.4. The van der Waals surface area contributed by atoms with Crippen molar-refractivity contribution < 1.29 is 37.4 Å². The molecular weight excluding hydrogens is 620 g/mol. The molecule has 7 N–H and O–H groups in total. The number of hydrazine groups is 1. The lowest BCUT2D eigenvalue weighted by atomic mass is 9.80. The van der Waals surface area contributed by atoms with Crippen molar-refractivity contribution in [2.75, 3.05) is 19.0 Å². The van der Waals surface area contributed by atoms with E-state index in [1.807, 2.05) is 45.7 Å². The molecule has 1 amide bonds. The highest BCUT2D eigenvalue weighted by molar-refractivity contribution is 7.85. The monoisotopic (exact) mass is 671 g/mol. The van der Waals surface area contributed by atoms with Crippen LogP contribution in [0.25, 0.3) is 0 Å². The Morgan fingerprint density at radius 3 is 2.26 bits per heavy atom. The highest BCUT2D eigenvalue weighted by atomic mass is 32.2. The van der Waals surface area contributed by atoms with Crippen molar-refractivity contribution in [2.24, 2.45) is 5.84 Å². The standard InChI is InChI=1S/C32H42N4O4S.CH4O.2CH2O/c1-22-15-18-27-25(20-22)32(4,5)29(36(27)19-11-7-10-14-30(37)35-33)13-9-6-8-12-28-31(2,3)24-21-23(41(38,39)40)16-17-26(24)34-28;3*1-2/h6,8-9,12-13,15-18,20-21,29,34H,7,10-11,14,19,33H2,1-5H3,(H,35,37)(H,38,39,40);2H,1H3;2*1H2/p+1/b8-6+,13-9+,28-12+;;;. The summed E-state index contributed by atoms with van der Waals surface area (Å²) in [6, 6.07) is 11.7. The van der Waals surface area contributed by atoms with Crippen LogP contribution >= 0.6 is 0 Å². The molecule has 2 aliphatic heterocycles. The van der Waals surface area contributed by atoms with Crippen LogP contribution in [-0.2, 0) is 35.3 Å². The highest BCUT2D eigenvalue weighted by Crippen LogP contribution is 2.44. The van der Waals surface area contributed by atoms with Gasteiger partial charge in [-0.1, -0.05) is 43.7 Å². The van der Waals surface area contributed by atoms with E-state index in [-0.39, 0.29) is 22.3 Å². The van der Waals surface area contributed by atoms with Gasteiger partial charge in [0, 0.05) is 35.9 Å². The van der Waals surface area contributed by atoms with Gasteiger partial charge in [-0.2, -0.15) is 8.42 Å².